The lowest BCUT2D eigenvalue weighted by molar-refractivity contribution is 0.0943. The van der Waals surface area contributed by atoms with Crippen molar-refractivity contribution in [3.05, 3.63) is 64.2 Å². The second-order valence-electron chi connectivity index (χ2n) is 9.00. The molecule has 2 aromatic carbocycles. The van der Waals surface area contributed by atoms with Gasteiger partial charge in [-0.05, 0) is 62.6 Å². The lowest BCUT2D eigenvalue weighted by atomic mass is 9.94. The van der Waals surface area contributed by atoms with Crippen molar-refractivity contribution in [2.75, 3.05) is 26.2 Å². The summed E-state index contributed by atoms with van der Waals surface area (Å²) in [5.41, 5.74) is 3.52. The zero-order chi connectivity index (χ0) is 22.5. The zero-order valence-corrected chi connectivity index (χ0v) is 19.9. The van der Waals surface area contributed by atoms with Gasteiger partial charge in [0.15, 0.2) is 0 Å². The van der Waals surface area contributed by atoms with E-state index < -0.39 is 0 Å². The molecule has 0 aromatic heterocycles. The molecule has 2 aromatic rings. The highest BCUT2D eigenvalue weighted by Crippen LogP contribution is 2.25. The summed E-state index contributed by atoms with van der Waals surface area (Å²) >= 11 is 6.14. The quantitative estimate of drug-likeness (QED) is 0.506. The normalized spacial score (nSPS) is 18.6. The van der Waals surface area contributed by atoms with Gasteiger partial charge in [0.05, 0.1) is 5.69 Å². The van der Waals surface area contributed by atoms with E-state index in [1.807, 2.05) is 56.3 Å². The van der Waals surface area contributed by atoms with Crippen molar-refractivity contribution in [2.45, 2.75) is 52.0 Å². The molecule has 1 N–H and O–H groups in total. The fourth-order valence-electron chi connectivity index (χ4n) is 4.74. The summed E-state index contributed by atoms with van der Waals surface area (Å²) in [7, 11) is 0. The molecule has 0 atom stereocenters. The number of carbonyl (C=O) groups excluding carboxylic acids is 1. The first-order valence-electron chi connectivity index (χ1n) is 11.7. The number of aliphatic imine (C=N–C) groups is 1. The van der Waals surface area contributed by atoms with Gasteiger partial charge < -0.3 is 4.90 Å². The van der Waals surface area contributed by atoms with Crippen molar-refractivity contribution < 1.29 is 4.79 Å². The summed E-state index contributed by atoms with van der Waals surface area (Å²) in [6.45, 7) is 7.71. The summed E-state index contributed by atoms with van der Waals surface area (Å²) < 4.78 is 0. The molecule has 0 bridgehead atoms. The van der Waals surface area contributed by atoms with Crippen molar-refractivity contribution in [1.29, 1.82) is 0 Å². The number of amides is 1. The number of piperazine rings is 1. The van der Waals surface area contributed by atoms with Crippen LogP contribution in [0.2, 0.25) is 5.02 Å². The second-order valence-corrected chi connectivity index (χ2v) is 9.44. The van der Waals surface area contributed by atoms with E-state index >= 15 is 0 Å². The number of benzene rings is 2. The minimum Gasteiger partial charge on any atom is -0.340 e. The Balaban J connectivity index is 1.53. The van der Waals surface area contributed by atoms with Gasteiger partial charge in [-0.1, -0.05) is 48.6 Å². The summed E-state index contributed by atoms with van der Waals surface area (Å²) in [5.74, 6) is 0.485. The van der Waals surface area contributed by atoms with Crippen LogP contribution in [0.15, 0.2) is 47.5 Å². The van der Waals surface area contributed by atoms with Crippen molar-refractivity contribution in [3.8, 4) is 0 Å². The minimum atomic E-state index is -0.131. The average Bonchev–Trinajstić information content (AvgIpc) is 2.81. The molecule has 0 unspecified atom stereocenters. The summed E-state index contributed by atoms with van der Waals surface area (Å²) in [6, 6.07) is 14.0. The summed E-state index contributed by atoms with van der Waals surface area (Å²) in [6.07, 6.45) is 6.70. The van der Waals surface area contributed by atoms with Crippen molar-refractivity contribution >= 4 is 29.2 Å². The fraction of sp³-hybridized carbons (Fsp3) is 0.462. The average molecular weight is 453 g/mol. The van der Waals surface area contributed by atoms with Crippen LogP contribution in [-0.2, 0) is 0 Å². The van der Waals surface area contributed by atoms with Crippen LogP contribution in [0.3, 0.4) is 0 Å². The summed E-state index contributed by atoms with van der Waals surface area (Å²) in [4.78, 5) is 22.8. The second kappa shape index (κ2) is 10.5. The molecule has 1 amide bonds. The fourth-order valence-corrected chi connectivity index (χ4v) is 4.97. The molecule has 0 radical (unpaired) electrons. The van der Waals surface area contributed by atoms with Crippen molar-refractivity contribution in [2.24, 2.45) is 4.99 Å². The predicted molar refractivity (Wildman–Crippen MR) is 132 cm³/mol. The Morgan fingerprint density at radius 1 is 1.00 bits per heavy atom. The van der Waals surface area contributed by atoms with E-state index in [2.05, 4.69) is 15.1 Å². The van der Waals surface area contributed by atoms with Crippen LogP contribution in [0.1, 0.15) is 53.6 Å². The minimum absolute atomic E-state index is 0.131. The molecule has 170 valence electrons. The van der Waals surface area contributed by atoms with E-state index in [-0.39, 0.29) is 5.91 Å². The predicted octanol–water partition coefficient (Wildman–Crippen LogP) is 5.32. The molecule has 5 nitrogen and oxygen atoms in total. The molecule has 4 rings (SSSR count). The number of nitrogens with one attached hydrogen (secondary N) is 1. The molecule has 1 saturated heterocycles. The maximum atomic E-state index is 13.0. The standard InChI is InChI=1S/C26H33ClN4O/c1-19-7-6-8-21(17-19)25(32)29-26(28-24-12-11-22(27)18-20(24)2)31-15-13-30(14-16-31)23-9-4-3-5-10-23/h6-8,11-12,17-18,23H,3-5,9-10,13-16H2,1-2H3,(H,28,29,32). The maximum Gasteiger partial charge on any atom is 0.257 e. The monoisotopic (exact) mass is 452 g/mol. The van der Waals surface area contributed by atoms with Crippen LogP contribution in [-0.4, -0.2) is 53.9 Å². The highest BCUT2D eigenvalue weighted by molar-refractivity contribution is 6.30. The number of nitrogens with zero attached hydrogens (tertiary/aromatic N) is 3. The molecule has 1 aliphatic heterocycles. The number of aryl methyl sites for hydroxylation is 2. The number of hydrogen-bond acceptors (Lipinski definition) is 3. The molecule has 2 aliphatic rings. The third-order valence-electron chi connectivity index (χ3n) is 6.60. The van der Waals surface area contributed by atoms with Gasteiger partial charge in [-0.25, -0.2) is 4.99 Å². The van der Waals surface area contributed by atoms with Gasteiger partial charge in [0.2, 0.25) is 5.96 Å². The topological polar surface area (TPSA) is 47.9 Å². The van der Waals surface area contributed by atoms with E-state index in [1.165, 1.54) is 32.1 Å². The lowest BCUT2D eigenvalue weighted by Crippen LogP contribution is -2.55. The zero-order valence-electron chi connectivity index (χ0n) is 19.1. The molecule has 1 saturated carbocycles. The Morgan fingerprint density at radius 2 is 1.75 bits per heavy atom. The molecular weight excluding hydrogens is 420 g/mol. The smallest absolute Gasteiger partial charge is 0.257 e. The number of guanidine groups is 1. The van der Waals surface area contributed by atoms with Crippen LogP contribution in [0, 0.1) is 13.8 Å². The van der Waals surface area contributed by atoms with E-state index in [4.69, 9.17) is 16.6 Å². The van der Waals surface area contributed by atoms with E-state index in [1.54, 1.807) is 0 Å². The Labute approximate surface area is 196 Å². The van der Waals surface area contributed by atoms with Gasteiger partial charge in [0.25, 0.3) is 5.91 Å². The van der Waals surface area contributed by atoms with Crippen LogP contribution >= 0.6 is 11.6 Å². The van der Waals surface area contributed by atoms with E-state index in [0.717, 1.165) is 43.0 Å². The van der Waals surface area contributed by atoms with Crippen LogP contribution in [0.4, 0.5) is 5.69 Å². The first-order chi connectivity index (χ1) is 15.5. The molecule has 6 heteroatoms. The van der Waals surface area contributed by atoms with Gasteiger partial charge >= 0.3 is 0 Å². The first-order valence-corrected chi connectivity index (χ1v) is 12.1. The molecular formula is C26H33ClN4O. The third-order valence-corrected chi connectivity index (χ3v) is 6.83. The molecule has 0 spiro atoms. The van der Waals surface area contributed by atoms with Gasteiger partial charge in [0.1, 0.15) is 0 Å². The molecule has 2 fully saturated rings. The van der Waals surface area contributed by atoms with E-state index in [0.29, 0.717) is 22.6 Å². The SMILES string of the molecule is Cc1cccc(C(=O)NC(=Nc2ccc(Cl)cc2C)N2CCN(C3CCCCC3)CC2)c1. The third kappa shape index (κ3) is 5.70. The van der Waals surface area contributed by atoms with Gasteiger partial charge in [-0.3, -0.25) is 15.0 Å². The van der Waals surface area contributed by atoms with Crippen LogP contribution in [0.25, 0.3) is 0 Å². The Kier molecular flexibility index (Phi) is 7.48. The number of halogens is 1. The maximum absolute atomic E-state index is 13.0. The van der Waals surface area contributed by atoms with Crippen molar-refractivity contribution in [3.63, 3.8) is 0 Å². The summed E-state index contributed by atoms with van der Waals surface area (Å²) in [5, 5.41) is 3.79. The molecule has 32 heavy (non-hydrogen) atoms. The Bertz CT molecular complexity index is 976. The van der Waals surface area contributed by atoms with Crippen molar-refractivity contribution in [1.82, 2.24) is 15.1 Å². The highest BCUT2D eigenvalue weighted by Gasteiger charge is 2.27. The van der Waals surface area contributed by atoms with Gasteiger partial charge in [0, 0.05) is 42.8 Å². The molecule has 1 aliphatic carbocycles. The number of rotatable bonds is 3. The highest BCUT2D eigenvalue weighted by atomic mass is 35.5. The largest absolute Gasteiger partial charge is 0.340 e. The van der Waals surface area contributed by atoms with Crippen LogP contribution in [0.5, 0.6) is 0 Å². The number of hydrogen-bond donors (Lipinski definition) is 1. The first kappa shape index (κ1) is 22.8. The Hall–Kier alpha value is -2.37. The van der Waals surface area contributed by atoms with Crippen LogP contribution < -0.4 is 5.32 Å². The van der Waals surface area contributed by atoms with Gasteiger partial charge in [-0.15, -0.1) is 0 Å². The lowest BCUT2D eigenvalue weighted by Gasteiger charge is -2.41. The number of carbonyl (C=O) groups is 1. The Morgan fingerprint density at radius 3 is 2.44 bits per heavy atom. The van der Waals surface area contributed by atoms with E-state index in [9.17, 15) is 4.79 Å². The molecule has 1 heterocycles. The van der Waals surface area contributed by atoms with Gasteiger partial charge in [-0.2, -0.15) is 0 Å².